The van der Waals surface area contributed by atoms with Crippen LogP contribution in [0.4, 0.5) is 0 Å². The van der Waals surface area contributed by atoms with Gasteiger partial charge >= 0.3 is 5.97 Å². The molecule has 1 saturated carbocycles. The molecule has 0 bridgehead atoms. The van der Waals surface area contributed by atoms with Gasteiger partial charge in [-0.05, 0) is 30.5 Å². The van der Waals surface area contributed by atoms with E-state index in [0.29, 0.717) is 24.8 Å². The second-order valence-corrected chi connectivity index (χ2v) is 5.79. The van der Waals surface area contributed by atoms with Crippen LogP contribution in [-0.4, -0.2) is 34.5 Å². The summed E-state index contributed by atoms with van der Waals surface area (Å²) in [5, 5.41) is 18.3. The Kier molecular flexibility index (Phi) is 4.81. The maximum Gasteiger partial charge on any atom is 0.329 e. The van der Waals surface area contributed by atoms with Crippen LogP contribution in [-0.2, 0) is 11.2 Å². The topological polar surface area (TPSA) is 81.4 Å². The fourth-order valence-corrected chi connectivity index (χ4v) is 3.07. The minimum absolute atomic E-state index is 0.284. The molecule has 5 heteroatoms. The van der Waals surface area contributed by atoms with E-state index in [1.807, 2.05) is 0 Å². The Hall–Kier alpha value is -2.35. The minimum Gasteiger partial charge on any atom is -0.479 e. The predicted molar refractivity (Wildman–Crippen MR) is 81.3 cm³/mol. The van der Waals surface area contributed by atoms with Crippen molar-refractivity contribution in [1.29, 1.82) is 5.26 Å². The van der Waals surface area contributed by atoms with Crippen LogP contribution in [0.15, 0.2) is 24.3 Å². The minimum atomic E-state index is -1.10. The van der Waals surface area contributed by atoms with E-state index in [2.05, 4.69) is 6.07 Å². The molecule has 1 aliphatic rings. The third kappa shape index (κ3) is 2.96. The number of likely N-dealkylation sites (N-methyl/N-ethyl adjacent to an activating group) is 1. The number of hydrogen-bond acceptors (Lipinski definition) is 3. The fourth-order valence-electron chi connectivity index (χ4n) is 3.07. The molecule has 0 atom stereocenters. The van der Waals surface area contributed by atoms with E-state index in [9.17, 15) is 14.7 Å². The maximum atomic E-state index is 12.6. The Balaban J connectivity index is 2.23. The van der Waals surface area contributed by atoms with Gasteiger partial charge in [0.25, 0.3) is 5.91 Å². The molecule has 1 N–H and O–H groups in total. The van der Waals surface area contributed by atoms with Crippen LogP contribution in [0.5, 0.6) is 0 Å². The molecule has 0 spiro atoms. The number of benzene rings is 1. The molecule has 116 valence electrons. The lowest BCUT2D eigenvalue weighted by Crippen LogP contribution is -2.56. The zero-order chi connectivity index (χ0) is 16.2. The molecule has 1 aromatic rings. The van der Waals surface area contributed by atoms with Gasteiger partial charge in [-0.15, -0.1) is 0 Å². The van der Waals surface area contributed by atoms with Crippen molar-refractivity contribution in [2.24, 2.45) is 0 Å². The molecule has 1 fully saturated rings. The first-order valence-electron chi connectivity index (χ1n) is 7.49. The standard InChI is InChI=1S/C17H20N2O3/c1-19(17(16(21)22)10-3-2-4-11-17)15(20)14-7-5-13(6-8-14)9-12-18/h5-8H,2-4,9-11H2,1H3,(H,21,22). The molecule has 0 aliphatic heterocycles. The summed E-state index contributed by atoms with van der Waals surface area (Å²) in [5.74, 6) is -1.21. The van der Waals surface area contributed by atoms with Crippen LogP contribution in [0.2, 0.25) is 0 Å². The number of carbonyl (C=O) groups is 2. The molecular weight excluding hydrogens is 280 g/mol. The molecule has 1 amide bonds. The number of nitriles is 1. The van der Waals surface area contributed by atoms with Crippen LogP contribution < -0.4 is 0 Å². The lowest BCUT2D eigenvalue weighted by molar-refractivity contribution is -0.151. The van der Waals surface area contributed by atoms with Gasteiger partial charge in [-0.2, -0.15) is 5.26 Å². The highest BCUT2D eigenvalue weighted by Gasteiger charge is 2.45. The first-order chi connectivity index (χ1) is 10.5. The van der Waals surface area contributed by atoms with Gasteiger partial charge in [-0.3, -0.25) is 4.79 Å². The van der Waals surface area contributed by atoms with E-state index < -0.39 is 11.5 Å². The molecular formula is C17H20N2O3. The summed E-state index contributed by atoms with van der Waals surface area (Å²) in [4.78, 5) is 25.8. The molecule has 5 nitrogen and oxygen atoms in total. The SMILES string of the molecule is CN(C(=O)c1ccc(CC#N)cc1)C1(C(=O)O)CCCCC1. The van der Waals surface area contributed by atoms with Crippen LogP contribution >= 0.6 is 0 Å². The fraction of sp³-hybridized carbons (Fsp3) is 0.471. The summed E-state index contributed by atoms with van der Waals surface area (Å²) in [5.41, 5.74) is 0.198. The zero-order valence-electron chi connectivity index (χ0n) is 12.7. The van der Waals surface area contributed by atoms with Crippen molar-refractivity contribution in [1.82, 2.24) is 4.90 Å². The predicted octanol–water partition coefficient (Wildman–Crippen LogP) is 2.61. The van der Waals surface area contributed by atoms with Crippen molar-refractivity contribution >= 4 is 11.9 Å². The molecule has 0 radical (unpaired) electrons. The van der Waals surface area contributed by atoms with E-state index in [1.165, 1.54) is 4.90 Å². The number of hydrogen-bond donors (Lipinski definition) is 1. The largest absolute Gasteiger partial charge is 0.479 e. The molecule has 1 aromatic carbocycles. The quantitative estimate of drug-likeness (QED) is 0.926. The molecule has 22 heavy (non-hydrogen) atoms. The smallest absolute Gasteiger partial charge is 0.329 e. The molecule has 0 unspecified atom stereocenters. The lowest BCUT2D eigenvalue weighted by atomic mass is 9.80. The lowest BCUT2D eigenvalue weighted by Gasteiger charge is -2.41. The number of amides is 1. The molecule has 0 aromatic heterocycles. The zero-order valence-corrected chi connectivity index (χ0v) is 12.7. The van der Waals surface area contributed by atoms with E-state index in [4.69, 9.17) is 5.26 Å². The maximum absolute atomic E-state index is 12.6. The van der Waals surface area contributed by atoms with E-state index in [1.54, 1.807) is 31.3 Å². The van der Waals surface area contributed by atoms with E-state index >= 15 is 0 Å². The van der Waals surface area contributed by atoms with Gasteiger partial charge in [0.05, 0.1) is 12.5 Å². The Morgan fingerprint density at radius 2 is 1.82 bits per heavy atom. The number of carbonyl (C=O) groups excluding carboxylic acids is 1. The third-order valence-electron chi connectivity index (χ3n) is 4.51. The van der Waals surface area contributed by atoms with Crippen LogP contribution in [0.3, 0.4) is 0 Å². The van der Waals surface area contributed by atoms with Crippen molar-refractivity contribution < 1.29 is 14.7 Å². The molecule has 0 heterocycles. The van der Waals surface area contributed by atoms with Gasteiger partial charge < -0.3 is 10.0 Å². The Morgan fingerprint density at radius 3 is 2.32 bits per heavy atom. The summed E-state index contributed by atoms with van der Waals surface area (Å²) >= 11 is 0. The number of carboxylic acid groups (broad SMARTS) is 1. The van der Waals surface area contributed by atoms with Crippen molar-refractivity contribution in [2.45, 2.75) is 44.1 Å². The Morgan fingerprint density at radius 1 is 1.23 bits per heavy atom. The van der Waals surface area contributed by atoms with Crippen molar-refractivity contribution in [3.05, 3.63) is 35.4 Å². The average molecular weight is 300 g/mol. The van der Waals surface area contributed by atoms with Gasteiger partial charge in [0.15, 0.2) is 0 Å². The summed E-state index contributed by atoms with van der Waals surface area (Å²) in [7, 11) is 1.57. The molecule has 0 saturated heterocycles. The highest BCUT2D eigenvalue weighted by atomic mass is 16.4. The van der Waals surface area contributed by atoms with Gasteiger partial charge in [-0.25, -0.2) is 4.79 Å². The molecule has 1 aliphatic carbocycles. The monoisotopic (exact) mass is 300 g/mol. The average Bonchev–Trinajstić information content (AvgIpc) is 2.55. The summed E-state index contributed by atoms with van der Waals surface area (Å²) in [6.45, 7) is 0. The Labute approximate surface area is 130 Å². The summed E-state index contributed by atoms with van der Waals surface area (Å²) in [6.07, 6.45) is 3.95. The Bertz CT molecular complexity index is 595. The normalized spacial score (nSPS) is 16.5. The summed E-state index contributed by atoms with van der Waals surface area (Å²) in [6, 6.07) is 8.84. The van der Waals surface area contributed by atoms with E-state index in [0.717, 1.165) is 24.8 Å². The summed E-state index contributed by atoms with van der Waals surface area (Å²) < 4.78 is 0. The molecule has 2 rings (SSSR count). The van der Waals surface area contributed by atoms with Gasteiger partial charge in [-0.1, -0.05) is 31.4 Å². The van der Waals surface area contributed by atoms with Crippen molar-refractivity contribution in [2.75, 3.05) is 7.05 Å². The highest BCUT2D eigenvalue weighted by Crippen LogP contribution is 2.34. The number of rotatable bonds is 4. The van der Waals surface area contributed by atoms with Crippen molar-refractivity contribution in [3.8, 4) is 6.07 Å². The highest BCUT2D eigenvalue weighted by molar-refractivity contribution is 5.97. The van der Waals surface area contributed by atoms with Crippen LogP contribution in [0.25, 0.3) is 0 Å². The van der Waals surface area contributed by atoms with Crippen LogP contribution in [0.1, 0.15) is 48.0 Å². The number of aliphatic carboxylic acids is 1. The number of nitrogens with zero attached hydrogens (tertiary/aromatic N) is 2. The van der Waals surface area contributed by atoms with E-state index in [-0.39, 0.29) is 5.91 Å². The van der Waals surface area contributed by atoms with Gasteiger partial charge in [0, 0.05) is 12.6 Å². The van der Waals surface area contributed by atoms with Gasteiger partial charge in [0.2, 0.25) is 0 Å². The second-order valence-electron chi connectivity index (χ2n) is 5.79. The van der Waals surface area contributed by atoms with Crippen LogP contribution in [0, 0.1) is 11.3 Å². The third-order valence-corrected chi connectivity index (χ3v) is 4.51. The first kappa shape index (κ1) is 16.0. The first-order valence-corrected chi connectivity index (χ1v) is 7.49. The van der Waals surface area contributed by atoms with Crippen molar-refractivity contribution in [3.63, 3.8) is 0 Å². The second kappa shape index (κ2) is 6.61. The van der Waals surface area contributed by atoms with Gasteiger partial charge in [0.1, 0.15) is 5.54 Å². The number of carboxylic acids is 1.